The van der Waals surface area contributed by atoms with Gasteiger partial charge in [0, 0.05) is 18.6 Å². The Kier molecular flexibility index (Phi) is 7.25. The van der Waals surface area contributed by atoms with Gasteiger partial charge in [0.25, 0.3) is 0 Å². The summed E-state index contributed by atoms with van der Waals surface area (Å²) in [5.41, 5.74) is 6.14. The first-order chi connectivity index (χ1) is 7.35. The van der Waals surface area contributed by atoms with Gasteiger partial charge < -0.3 is 5.73 Å². The fourth-order valence-corrected chi connectivity index (χ4v) is 1.87. The molecule has 0 spiro atoms. The largest absolute Gasteiger partial charge is 0.329 e. The van der Waals surface area contributed by atoms with Crippen LogP contribution in [0.1, 0.15) is 53.9 Å². The van der Waals surface area contributed by atoms with Crippen LogP contribution in [0.4, 0.5) is 0 Å². The van der Waals surface area contributed by atoms with Gasteiger partial charge in [-0.15, -0.1) is 0 Å². The molecule has 2 N–H and O–H groups in total. The van der Waals surface area contributed by atoms with Crippen molar-refractivity contribution >= 4 is 0 Å². The third-order valence-corrected chi connectivity index (χ3v) is 3.90. The van der Waals surface area contributed by atoms with Crippen LogP contribution in [-0.4, -0.2) is 30.6 Å². The Morgan fingerprint density at radius 1 is 1.25 bits per heavy atom. The third kappa shape index (κ3) is 5.31. The third-order valence-electron chi connectivity index (χ3n) is 3.90. The normalized spacial score (nSPS) is 17.8. The molecular weight excluding hydrogens is 196 g/mol. The van der Waals surface area contributed by atoms with Gasteiger partial charge in [0.2, 0.25) is 0 Å². The van der Waals surface area contributed by atoms with E-state index in [1.165, 1.54) is 19.3 Å². The van der Waals surface area contributed by atoms with Crippen LogP contribution >= 0.6 is 0 Å². The Hall–Kier alpha value is -0.0800. The monoisotopic (exact) mass is 228 g/mol. The molecule has 0 aliphatic heterocycles. The lowest BCUT2D eigenvalue weighted by Crippen LogP contribution is -2.51. The molecular formula is C14H32N2. The molecule has 0 aromatic heterocycles. The number of nitrogens with zero attached hydrogens (tertiary/aromatic N) is 1. The summed E-state index contributed by atoms with van der Waals surface area (Å²) in [5.74, 6) is 1.53. The molecule has 2 unspecified atom stereocenters. The van der Waals surface area contributed by atoms with Crippen LogP contribution in [0.5, 0.6) is 0 Å². The summed E-state index contributed by atoms with van der Waals surface area (Å²) in [5, 5.41) is 0. The average molecular weight is 228 g/mol. The first-order valence-electron chi connectivity index (χ1n) is 6.77. The lowest BCUT2D eigenvalue weighted by molar-refractivity contribution is 0.109. The summed E-state index contributed by atoms with van der Waals surface area (Å²) >= 11 is 0. The second-order valence-electron chi connectivity index (χ2n) is 6.03. The highest BCUT2D eigenvalue weighted by Crippen LogP contribution is 2.22. The second-order valence-corrected chi connectivity index (χ2v) is 6.03. The molecule has 0 aromatic carbocycles. The summed E-state index contributed by atoms with van der Waals surface area (Å²) in [4.78, 5) is 2.46. The van der Waals surface area contributed by atoms with Crippen molar-refractivity contribution in [2.75, 3.05) is 20.1 Å². The van der Waals surface area contributed by atoms with Gasteiger partial charge in [-0.05, 0) is 38.6 Å². The van der Waals surface area contributed by atoms with Crippen LogP contribution in [0.3, 0.4) is 0 Å². The molecule has 0 aromatic rings. The first-order valence-corrected chi connectivity index (χ1v) is 6.77. The van der Waals surface area contributed by atoms with Gasteiger partial charge in [0.1, 0.15) is 0 Å². The Morgan fingerprint density at radius 3 is 2.19 bits per heavy atom. The average Bonchev–Trinajstić information content (AvgIpc) is 2.25. The maximum Gasteiger partial charge on any atom is 0.0300 e. The van der Waals surface area contributed by atoms with Gasteiger partial charge in [-0.1, -0.05) is 34.1 Å². The number of hydrogen-bond donors (Lipinski definition) is 1. The molecule has 0 saturated heterocycles. The zero-order valence-corrected chi connectivity index (χ0v) is 12.2. The van der Waals surface area contributed by atoms with Gasteiger partial charge in [-0.3, -0.25) is 4.90 Å². The molecule has 0 heterocycles. The Balaban J connectivity index is 4.30. The summed E-state index contributed by atoms with van der Waals surface area (Å²) in [7, 11) is 2.22. The molecule has 0 saturated carbocycles. The molecule has 2 atom stereocenters. The molecule has 2 heteroatoms. The van der Waals surface area contributed by atoms with Gasteiger partial charge in [0.05, 0.1) is 0 Å². The lowest BCUT2D eigenvalue weighted by Gasteiger charge is -2.40. The van der Waals surface area contributed by atoms with E-state index in [0.717, 1.165) is 24.9 Å². The van der Waals surface area contributed by atoms with Crippen LogP contribution in [0.25, 0.3) is 0 Å². The minimum Gasteiger partial charge on any atom is -0.329 e. The molecule has 0 rings (SSSR count). The lowest BCUT2D eigenvalue weighted by atomic mass is 9.89. The van der Waals surface area contributed by atoms with E-state index in [1.807, 2.05) is 0 Å². The van der Waals surface area contributed by atoms with Crippen LogP contribution in [0, 0.1) is 11.8 Å². The van der Waals surface area contributed by atoms with E-state index < -0.39 is 0 Å². The molecule has 0 radical (unpaired) electrons. The van der Waals surface area contributed by atoms with Crippen molar-refractivity contribution in [2.45, 2.75) is 59.4 Å². The molecule has 2 nitrogen and oxygen atoms in total. The van der Waals surface area contributed by atoms with E-state index in [1.54, 1.807) is 0 Å². The molecule has 0 fully saturated rings. The predicted molar refractivity (Wildman–Crippen MR) is 73.6 cm³/mol. The first kappa shape index (κ1) is 15.9. The van der Waals surface area contributed by atoms with Crippen molar-refractivity contribution in [1.29, 1.82) is 0 Å². The maximum absolute atomic E-state index is 5.97. The molecule has 98 valence electrons. The highest BCUT2D eigenvalue weighted by molar-refractivity contribution is 4.86. The summed E-state index contributed by atoms with van der Waals surface area (Å²) < 4.78 is 0. The van der Waals surface area contributed by atoms with Crippen LogP contribution < -0.4 is 5.73 Å². The van der Waals surface area contributed by atoms with Gasteiger partial charge in [-0.2, -0.15) is 0 Å². The van der Waals surface area contributed by atoms with Crippen LogP contribution in [-0.2, 0) is 0 Å². The fourth-order valence-electron chi connectivity index (χ4n) is 1.87. The maximum atomic E-state index is 5.97. The molecule has 16 heavy (non-hydrogen) atoms. The van der Waals surface area contributed by atoms with E-state index in [-0.39, 0.29) is 5.54 Å². The van der Waals surface area contributed by atoms with Crippen LogP contribution in [0.2, 0.25) is 0 Å². The van der Waals surface area contributed by atoms with E-state index in [2.05, 4.69) is 46.6 Å². The molecule has 0 amide bonds. The summed E-state index contributed by atoms with van der Waals surface area (Å²) in [6.45, 7) is 13.4. The van der Waals surface area contributed by atoms with Gasteiger partial charge in [-0.25, -0.2) is 0 Å². The highest BCUT2D eigenvalue weighted by Gasteiger charge is 2.28. The van der Waals surface area contributed by atoms with E-state index in [9.17, 15) is 0 Å². The molecule has 0 aliphatic carbocycles. The van der Waals surface area contributed by atoms with E-state index in [4.69, 9.17) is 5.73 Å². The Morgan fingerprint density at radius 2 is 1.81 bits per heavy atom. The summed E-state index contributed by atoms with van der Waals surface area (Å²) in [6.07, 6.45) is 3.71. The smallest absolute Gasteiger partial charge is 0.0300 e. The van der Waals surface area contributed by atoms with Crippen molar-refractivity contribution in [1.82, 2.24) is 4.90 Å². The van der Waals surface area contributed by atoms with Gasteiger partial charge >= 0.3 is 0 Å². The van der Waals surface area contributed by atoms with Crippen LogP contribution in [0.15, 0.2) is 0 Å². The van der Waals surface area contributed by atoms with Crippen molar-refractivity contribution in [2.24, 2.45) is 17.6 Å². The minimum absolute atomic E-state index is 0.174. The standard InChI is InChI=1S/C14H32N2/c1-7-13(4)10-16(6)14(5,11-15)9-8-12(2)3/h12-13H,7-11,15H2,1-6H3. The van der Waals surface area contributed by atoms with Crippen molar-refractivity contribution in [3.8, 4) is 0 Å². The number of nitrogens with two attached hydrogens (primary N) is 1. The molecule has 0 aliphatic rings. The summed E-state index contributed by atoms with van der Waals surface area (Å²) in [6, 6.07) is 0. The minimum atomic E-state index is 0.174. The number of likely N-dealkylation sites (N-methyl/N-ethyl adjacent to an activating group) is 1. The Labute approximate surface area is 103 Å². The van der Waals surface area contributed by atoms with Crippen molar-refractivity contribution < 1.29 is 0 Å². The topological polar surface area (TPSA) is 29.3 Å². The zero-order valence-electron chi connectivity index (χ0n) is 12.2. The SMILES string of the molecule is CCC(C)CN(C)C(C)(CN)CCC(C)C. The van der Waals surface area contributed by atoms with Crippen molar-refractivity contribution in [3.63, 3.8) is 0 Å². The second kappa shape index (κ2) is 7.29. The molecule has 0 bridgehead atoms. The van der Waals surface area contributed by atoms with E-state index >= 15 is 0 Å². The van der Waals surface area contributed by atoms with E-state index in [0.29, 0.717) is 0 Å². The number of hydrogen-bond acceptors (Lipinski definition) is 2. The highest BCUT2D eigenvalue weighted by atomic mass is 15.2. The quantitative estimate of drug-likeness (QED) is 0.691. The zero-order chi connectivity index (χ0) is 12.8. The predicted octanol–water partition coefficient (Wildman–Crippen LogP) is 3.12. The number of rotatable bonds is 8. The fraction of sp³-hybridized carbons (Fsp3) is 1.00. The Bertz CT molecular complexity index is 180. The van der Waals surface area contributed by atoms with Gasteiger partial charge in [0.15, 0.2) is 0 Å². The van der Waals surface area contributed by atoms with Crippen molar-refractivity contribution in [3.05, 3.63) is 0 Å².